The Bertz CT molecular complexity index is 522. The van der Waals surface area contributed by atoms with Gasteiger partial charge in [-0.3, -0.25) is 4.98 Å². The third-order valence-corrected chi connectivity index (χ3v) is 3.90. The van der Waals surface area contributed by atoms with Gasteiger partial charge in [-0.15, -0.1) is 0 Å². The summed E-state index contributed by atoms with van der Waals surface area (Å²) in [6.07, 6.45) is 6.96. The molecule has 18 heavy (non-hydrogen) atoms. The average Bonchev–Trinajstić information content (AvgIpc) is 2.43. The molecule has 2 nitrogen and oxygen atoms in total. The van der Waals surface area contributed by atoms with Gasteiger partial charge >= 0.3 is 0 Å². The molecule has 1 heterocycles. The van der Waals surface area contributed by atoms with Gasteiger partial charge in [-0.25, -0.2) is 0 Å². The molecule has 0 bridgehead atoms. The molecule has 0 saturated heterocycles. The SMILES string of the molecule is NC1CCc2ccccc2C1Cc1cccnc1. The summed E-state index contributed by atoms with van der Waals surface area (Å²) in [5, 5.41) is 0. The van der Waals surface area contributed by atoms with Crippen molar-refractivity contribution < 1.29 is 0 Å². The minimum absolute atomic E-state index is 0.264. The van der Waals surface area contributed by atoms with Crippen LogP contribution in [0.4, 0.5) is 0 Å². The molecule has 0 spiro atoms. The first-order valence-electron chi connectivity index (χ1n) is 6.57. The fourth-order valence-electron chi connectivity index (χ4n) is 2.91. The first-order valence-corrected chi connectivity index (χ1v) is 6.57. The van der Waals surface area contributed by atoms with E-state index in [1.165, 1.54) is 16.7 Å². The van der Waals surface area contributed by atoms with E-state index >= 15 is 0 Å². The van der Waals surface area contributed by atoms with Crippen LogP contribution < -0.4 is 5.73 Å². The number of benzene rings is 1. The predicted octanol–water partition coefficient (Wildman–Crippen LogP) is 2.68. The van der Waals surface area contributed by atoms with Gasteiger partial charge in [0.1, 0.15) is 0 Å². The van der Waals surface area contributed by atoms with Crippen molar-refractivity contribution in [3.8, 4) is 0 Å². The highest BCUT2D eigenvalue weighted by Crippen LogP contribution is 2.33. The molecule has 0 saturated carbocycles. The van der Waals surface area contributed by atoms with Crippen molar-refractivity contribution in [2.75, 3.05) is 0 Å². The van der Waals surface area contributed by atoms with Gasteiger partial charge in [0.25, 0.3) is 0 Å². The second-order valence-corrected chi connectivity index (χ2v) is 5.07. The zero-order valence-corrected chi connectivity index (χ0v) is 10.4. The molecular weight excluding hydrogens is 220 g/mol. The van der Waals surface area contributed by atoms with E-state index in [9.17, 15) is 0 Å². The summed E-state index contributed by atoms with van der Waals surface area (Å²) in [5.74, 6) is 0.430. The minimum atomic E-state index is 0.264. The molecule has 1 aromatic carbocycles. The number of nitrogens with zero attached hydrogens (tertiary/aromatic N) is 1. The third-order valence-electron chi connectivity index (χ3n) is 3.90. The number of aryl methyl sites for hydroxylation is 1. The second kappa shape index (κ2) is 4.91. The summed E-state index contributed by atoms with van der Waals surface area (Å²) in [5.41, 5.74) is 10.5. The van der Waals surface area contributed by atoms with Crippen molar-refractivity contribution in [2.24, 2.45) is 5.73 Å². The second-order valence-electron chi connectivity index (χ2n) is 5.07. The van der Waals surface area contributed by atoms with Crippen LogP contribution in [0.15, 0.2) is 48.8 Å². The van der Waals surface area contributed by atoms with E-state index in [2.05, 4.69) is 35.3 Å². The Labute approximate surface area is 108 Å². The third kappa shape index (κ3) is 2.16. The van der Waals surface area contributed by atoms with Crippen LogP contribution >= 0.6 is 0 Å². The number of hydrogen-bond acceptors (Lipinski definition) is 2. The molecule has 2 aromatic rings. The summed E-state index contributed by atoms with van der Waals surface area (Å²) >= 11 is 0. The summed E-state index contributed by atoms with van der Waals surface area (Å²) in [6.45, 7) is 0. The molecule has 1 aliphatic rings. The Morgan fingerprint density at radius 3 is 2.89 bits per heavy atom. The minimum Gasteiger partial charge on any atom is -0.327 e. The van der Waals surface area contributed by atoms with Crippen LogP contribution in [0.5, 0.6) is 0 Å². The fourth-order valence-corrected chi connectivity index (χ4v) is 2.91. The van der Waals surface area contributed by atoms with Gasteiger partial charge in [0.15, 0.2) is 0 Å². The maximum atomic E-state index is 6.32. The molecular formula is C16H18N2. The highest BCUT2D eigenvalue weighted by Gasteiger charge is 2.26. The molecule has 2 heteroatoms. The van der Waals surface area contributed by atoms with E-state index < -0.39 is 0 Å². The summed E-state index contributed by atoms with van der Waals surface area (Å²) in [4.78, 5) is 4.19. The number of aromatic nitrogens is 1. The van der Waals surface area contributed by atoms with Gasteiger partial charge < -0.3 is 5.73 Å². The topological polar surface area (TPSA) is 38.9 Å². The van der Waals surface area contributed by atoms with E-state index in [0.29, 0.717) is 5.92 Å². The highest BCUT2D eigenvalue weighted by atomic mass is 14.7. The lowest BCUT2D eigenvalue weighted by molar-refractivity contribution is 0.467. The molecule has 1 aliphatic carbocycles. The lowest BCUT2D eigenvalue weighted by Crippen LogP contribution is -2.34. The Hall–Kier alpha value is -1.67. The quantitative estimate of drug-likeness (QED) is 0.873. The van der Waals surface area contributed by atoms with E-state index in [1.807, 2.05) is 18.5 Å². The predicted molar refractivity (Wildman–Crippen MR) is 73.4 cm³/mol. The number of nitrogens with two attached hydrogens (primary N) is 1. The molecule has 2 unspecified atom stereocenters. The van der Waals surface area contributed by atoms with Gasteiger partial charge in [-0.2, -0.15) is 0 Å². The fraction of sp³-hybridized carbons (Fsp3) is 0.312. The van der Waals surface area contributed by atoms with Crippen LogP contribution in [0.1, 0.15) is 29.0 Å². The molecule has 2 N–H and O–H groups in total. The molecule has 2 atom stereocenters. The Kier molecular flexibility index (Phi) is 3.11. The standard InChI is InChI=1S/C16H18N2/c17-16-8-7-13-5-1-2-6-14(13)15(16)10-12-4-3-9-18-11-12/h1-6,9,11,15-16H,7-8,10,17H2. The number of pyridine rings is 1. The average molecular weight is 238 g/mol. The monoisotopic (exact) mass is 238 g/mol. The smallest absolute Gasteiger partial charge is 0.0300 e. The van der Waals surface area contributed by atoms with E-state index in [0.717, 1.165) is 19.3 Å². The normalized spacial score (nSPS) is 22.5. The molecule has 0 radical (unpaired) electrons. The lowest BCUT2D eigenvalue weighted by atomic mass is 9.77. The van der Waals surface area contributed by atoms with E-state index in [-0.39, 0.29) is 6.04 Å². The zero-order chi connectivity index (χ0) is 12.4. The largest absolute Gasteiger partial charge is 0.327 e. The number of hydrogen-bond donors (Lipinski definition) is 1. The van der Waals surface area contributed by atoms with Crippen molar-refractivity contribution in [1.29, 1.82) is 0 Å². The Morgan fingerprint density at radius 2 is 2.06 bits per heavy atom. The van der Waals surface area contributed by atoms with Gasteiger partial charge in [-0.1, -0.05) is 30.3 Å². The Morgan fingerprint density at radius 1 is 1.17 bits per heavy atom. The highest BCUT2D eigenvalue weighted by molar-refractivity contribution is 5.35. The van der Waals surface area contributed by atoms with Crippen molar-refractivity contribution in [3.63, 3.8) is 0 Å². The van der Waals surface area contributed by atoms with Crippen molar-refractivity contribution >= 4 is 0 Å². The van der Waals surface area contributed by atoms with Crippen LogP contribution in [0.25, 0.3) is 0 Å². The lowest BCUT2D eigenvalue weighted by Gasteiger charge is -2.31. The molecule has 92 valence electrons. The summed E-state index contributed by atoms with van der Waals surface area (Å²) in [7, 11) is 0. The maximum Gasteiger partial charge on any atom is 0.0300 e. The van der Waals surface area contributed by atoms with Gasteiger partial charge in [0, 0.05) is 24.4 Å². The van der Waals surface area contributed by atoms with Crippen LogP contribution in [0.3, 0.4) is 0 Å². The van der Waals surface area contributed by atoms with Crippen LogP contribution in [0, 0.1) is 0 Å². The van der Waals surface area contributed by atoms with Gasteiger partial charge in [-0.05, 0) is 42.0 Å². The van der Waals surface area contributed by atoms with Crippen molar-refractivity contribution in [2.45, 2.75) is 31.2 Å². The molecule has 0 amide bonds. The van der Waals surface area contributed by atoms with Crippen LogP contribution in [-0.2, 0) is 12.8 Å². The van der Waals surface area contributed by atoms with E-state index in [4.69, 9.17) is 5.73 Å². The van der Waals surface area contributed by atoms with Gasteiger partial charge in [0.2, 0.25) is 0 Å². The van der Waals surface area contributed by atoms with Crippen molar-refractivity contribution in [3.05, 3.63) is 65.5 Å². The molecule has 0 fully saturated rings. The van der Waals surface area contributed by atoms with Crippen LogP contribution in [0.2, 0.25) is 0 Å². The number of rotatable bonds is 2. The molecule has 1 aromatic heterocycles. The van der Waals surface area contributed by atoms with Crippen molar-refractivity contribution in [1.82, 2.24) is 4.98 Å². The first kappa shape index (κ1) is 11.4. The molecule has 3 rings (SSSR count). The van der Waals surface area contributed by atoms with E-state index in [1.54, 1.807) is 0 Å². The molecule has 0 aliphatic heterocycles. The zero-order valence-electron chi connectivity index (χ0n) is 10.4. The number of fused-ring (bicyclic) bond motifs is 1. The maximum absolute atomic E-state index is 6.32. The summed E-state index contributed by atoms with van der Waals surface area (Å²) < 4.78 is 0. The van der Waals surface area contributed by atoms with Gasteiger partial charge in [0.05, 0.1) is 0 Å². The Balaban J connectivity index is 1.91. The summed E-state index contributed by atoms with van der Waals surface area (Å²) in [6, 6.07) is 13.1. The van der Waals surface area contributed by atoms with Crippen LogP contribution in [-0.4, -0.2) is 11.0 Å². The first-order chi connectivity index (χ1) is 8.84.